The van der Waals surface area contributed by atoms with E-state index in [2.05, 4.69) is 68.5 Å². The van der Waals surface area contributed by atoms with Gasteiger partial charge in [0.1, 0.15) is 11.8 Å². The van der Waals surface area contributed by atoms with Gasteiger partial charge in [0.25, 0.3) is 0 Å². The molecule has 0 saturated heterocycles. The third-order valence-corrected chi connectivity index (χ3v) is 6.15. The molecule has 150 valence electrons. The second-order valence-electron chi connectivity index (χ2n) is 7.50. The summed E-state index contributed by atoms with van der Waals surface area (Å²) in [7, 11) is 0. The average molecular weight is 414 g/mol. The second-order valence-corrected chi connectivity index (χ2v) is 8.46. The lowest BCUT2D eigenvalue weighted by atomic mass is 9.93. The van der Waals surface area contributed by atoms with Crippen molar-refractivity contribution < 1.29 is 0 Å². The minimum atomic E-state index is 0.504. The third kappa shape index (κ3) is 4.30. The predicted molar refractivity (Wildman–Crippen MR) is 123 cm³/mol. The fraction of sp³-hybridized carbons (Fsp3) is 0.208. The summed E-state index contributed by atoms with van der Waals surface area (Å²) >= 11 is 1.64. The lowest BCUT2D eigenvalue weighted by Crippen LogP contribution is -2.27. The van der Waals surface area contributed by atoms with Crippen LogP contribution in [-0.2, 0) is 6.54 Å². The van der Waals surface area contributed by atoms with Crippen LogP contribution in [0.5, 0.6) is 0 Å². The van der Waals surface area contributed by atoms with E-state index in [0.717, 1.165) is 39.5 Å². The van der Waals surface area contributed by atoms with Crippen molar-refractivity contribution in [1.29, 1.82) is 0 Å². The van der Waals surface area contributed by atoms with E-state index in [1.54, 1.807) is 18.3 Å². The molecule has 1 aliphatic carbocycles. The minimum absolute atomic E-state index is 0.504. The van der Waals surface area contributed by atoms with Gasteiger partial charge in [-0.1, -0.05) is 42.5 Å². The molecule has 2 heterocycles. The van der Waals surface area contributed by atoms with Gasteiger partial charge in [0, 0.05) is 23.0 Å². The Bertz CT molecular complexity index is 1140. The quantitative estimate of drug-likeness (QED) is 0.393. The minimum Gasteiger partial charge on any atom is -0.365 e. The number of nitrogens with one attached hydrogen (secondary N) is 2. The van der Waals surface area contributed by atoms with Crippen molar-refractivity contribution in [3.63, 3.8) is 0 Å². The van der Waals surface area contributed by atoms with Crippen molar-refractivity contribution in [2.45, 2.75) is 36.7 Å². The maximum atomic E-state index is 4.91. The molecule has 30 heavy (non-hydrogen) atoms. The van der Waals surface area contributed by atoms with Crippen LogP contribution >= 0.6 is 11.9 Å². The molecular formula is C24H23N5S. The molecule has 0 unspecified atom stereocenters. The first-order chi connectivity index (χ1) is 14.8. The molecule has 1 fully saturated rings. The zero-order chi connectivity index (χ0) is 20.2. The van der Waals surface area contributed by atoms with E-state index < -0.39 is 0 Å². The lowest BCUT2D eigenvalue weighted by Gasteiger charge is -2.27. The van der Waals surface area contributed by atoms with Crippen LogP contribution < -0.4 is 10.0 Å². The van der Waals surface area contributed by atoms with Crippen molar-refractivity contribution in [3.05, 3.63) is 78.6 Å². The van der Waals surface area contributed by atoms with Gasteiger partial charge in [0.2, 0.25) is 0 Å². The Balaban J connectivity index is 1.35. The normalized spacial score (nSPS) is 13.9. The molecule has 6 heteroatoms. The molecule has 5 rings (SSSR count). The summed E-state index contributed by atoms with van der Waals surface area (Å²) < 4.78 is 3.44. The van der Waals surface area contributed by atoms with Crippen LogP contribution in [0.2, 0.25) is 0 Å². The molecule has 2 aromatic heterocycles. The summed E-state index contributed by atoms with van der Waals surface area (Å²) in [5.41, 5.74) is 4.98. The van der Waals surface area contributed by atoms with Gasteiger partial charge in [0.05, 0.1) is 11.2 Å². The van der Waals surface area contributed by atoms with Crippen LogP contribution in [0.15, 0.2) is 78.0 Å². The second kappa shape index (κ2) is 8.81. The van der Waals surface area contributed by atoms with E-state index in [0.29, 0.717) is 6.04 Å². The topological polar surface area (TPSA) is 62.7 Å². The summed E-state index contributed by atoms with van der Waals surface area (Å²) in [6, 6.07) is 23.4. The fourth-order valence-electron chi connectivity index (χ4n) is 3.47. The number of fused-ring (bicyclic) bond motifs is 1. The highest BCUT2D eigenvalue weighted by molar-refractivity contribution is 7.97. The molecule has 0 bridgehead atoms. The molecule has 2 N–H and O–H groups in total. The van der Waals surface area contributed by atoms with Gasteiger partial charge in [-0.3, -0.25) is 4.72 Å². The molecule has 0 spiro atoms. The fourth-order valence-corrected chi connectivity index (χ4v) is 4.21. The number of anilines is 1. The van der Waals surface area contributed by atoms with E-state index in [9.17, 15) is 0 Å². The Morgan fingerprint density at radius 1 is 0.933 bits per heavy atom. The molecular weight excluding hydrogens is 390 g/mol. The summed E-state index contributed by atoms with van der Waals surface area (Å²) in [5, 5.41) is 3.53. The average Bonchev–Trinajstić information content (AvgIpc) is 2.77. The van der Waals surface area contributed by atoms with E-state index in [1.165, 1.54) is 24.8 Å². The number of aromatic nitrogens is 3. The van der Waals surface area contributed by atoms with Gasteiger partial charge in [0.15, 0.2) is 5.82 Å². The van der Waals surface area contributed by atoms with Crippen LogP contribution in [0.1, 0.15) is 24.8 Å². The molecule has 0 atom stereocenters. The number of pyridine rings is 1. The van der Waals surface area contributed by atoms with Crippen LogP contribution in [0, 0.1) is 0 Å². The maximum absolute atomic E-state index is 4.91. The van der Waals surface area contributed by atoms with Crippen molar-refractivity contribution in [3.8, 4) is 11.3 Å². The van der Waals surface area contributed by atoms with Gasteiger partial charge in [-0.25, -0.2) is 15.0 Å². The molecule has 5 nitrogen and oxygen atoms in total. The first-order valence-electron chi connectivity index (χ1n) is 10.3. The van der Waals surface area contributed by atoms with Crippen molar-refractivity contribution >= 4 is 28.8 Å². The smallest absolute Gasteiger partial charge is 0.156 e. The Morgan fingerprint density at radius 3 is 2.67 bits per heavy atom. The predicted octanol–water partition coefficient (Wildman–Crippen LogP) is 5.45. The lowest BCUT2D eigenvalue weighted by molar-refractivity contribution is 0.444. The van der Waals surface area contributed by atoms with Gasteiger partial charge in [-0.05, 0) is 61.0 Å². The van der Waals surface area contributed by atoms with Crippen molar-refractivity contribution in [2.75, 3.05) is 5.32 Å². The van der Waals surface area contributed by atoms with Crippen LogP contribution in [-0.4, -0.2) is 21.0 Å². The summed E-state index contributed by atoms with van der Waals surface area (Å²) in [6.45, 7) is 0.817. The van der Waals surface area contributed by atoms with Gasteiger partial charge >= 0.3 is 0 Å². The Kier molecular flexibility index (Phi) is 5.59. The van der Waals surface area contributed by atoms with Crippen LogP contribution in [0.25, 0.3) is 22.3 Å². The Hall–Kier alpha value is -2.96. The third-order valence-electron chi connectivity index (χ3n) is 5.37. The van der Waals surface area contributed by atoms with E-state index >= 15 is 0 Å². The molecule has 0 aliphatic heterocycles. The monoisotopic (exact) mass is 413 g/mol. The summed E-state index contributed by atoms with van der Waals surface area (Å²) in [5.74, 6) is 0.835. The number of hydrogen-bond acceptors (Lipinski definition) is 6. The molecule has 4 aromatic rings. The van der Waals surface area contributed by atoms with Gasteiger partial charge in [-0.15, -0.1) is 0 Å². The van der Waals surface area contributed by atoms with Crippen LogP contribution in [0.4, 0.5) is 5.82 Å². The van der Waals surface area contributed by atoms with E-state index in [1.807, 2.05) is 18.2 Å². The first kappa shape index (κ1) is 19.0. The first-order valence-corrected chi connectivity index (χ1v) is 11.1. The highest BCUT2D eigenvalue weighted by Crippen LogP contribution is 2.28. The number of nitrogens with zero attached hydrogens (tertiary/aromatic N) is 3. The SMILES string of the molecule is c1ccc(CNSc2cccc(-c3ccc4ncnc(NC5CCC5)c4n3)c2)cc1. The number of hydrogen-bond donors (Lipinski definition) is 2. The molecule has 1 aliphatic rings. The van der Waals surface area contributed by atoms with Crippen LogP contribution in [0.3, 0.4) is 0 Å². The maximum Gasteiger partial charge on any atom is 0.156 e. The Labute approximate surface area is 180 Å². The molecule has 2 aromatic carbocycles. The summed E-state index contributed by atoms with van der Waals surface area (Å²) in [4.78, 5) is 14.9. The number of benzene rings is 2. The zero-order valence-electron chi connectivity index (χ0n) is 16.6. The van der Waals surface area contributed by atoms with Gasteiger partial charge in [-0.2, -0.15) is 0 Å². The number of rotatable bonds is 7. The van der Waals surface area contributed by atoms with Crippen molar-refractivity contribution in [2.24, 2.45) is 0 Å². The molecule has 1 saturated carbocycles. The summed E-state index contributed by atoms with van der Waals surface area (Å²) in [6.07, 6.45) is 5.28. The van der Waals surface area contributed by atoms with E-state index in [4.69, 9.17) is 4.98 Å². The molecule has 0 radical (unpaired) electrons. The Morgan fingerprint density at radius 2 is 1.83 bits per heavy atom. The molecule has 0 amide bonds. The highest BCUT2D eigenvalue weighted by Gasteiger charge is 2.19. The van der Waals surface area contributed by atoms with Crippen molar-refractivity contribution in [1.82, 2.24) is 19.7 Å². The van der Waals surface area contributed by atoms with E-state index in [-0.39, 0.29) is 0 Å². The van der Waals surface area contributed by atoms with Gasteiger partial charge < -0.3 is 5.32 Å². The standard InChI is InChI=1S/C24H23N5S/c1-2-6-17(7-3-1)15-27-30-20-11-4-8-18(14-20)21-12-13-22-23(29-21)24(26-16-25-22)28-19-9-5-10-19/h1-4,6-8,11-14,16,19,27H,5,9-10,15H2,(H,25,26,28). The highest BCUT2D eigenvalue weighted by atomic mass is 32.2. The zero-order valence-corrected chi connectivity index (χ0v) is 17.4. The largest absolute Gasteiger partial charge is 0.365 e.